The lowest BCUT2D eigenvalue weighted by Gasteiger charge is -2.15. The van der Waals surface area contributed by atoms with Crippen LogP contribution < -0.4 is 0 Å². The average molecular weight is 292 g/mol. The molecular weight excluding hydrogens is 276 g/mol. The molecule has 0 atom stereocenters. The van der Waals surface area contributed by atoms with Gasteiger partial charge in [-0.2, -0.15) is 0 Å². The number of carbonyl (C=O) groups is 1. The second-order valence-electron chi connectivity index (χ2n) is 5.16. The standard InChI is InChI=1S/C18H16N2O2/c1-12-16(18(21)22)20-17(19-12)15(13-8-4-2-5-9-13)14-10-6-3-7-11-14/h2-11,15H,1H3,(H,19,20)(H,21,22). The summed E-state index contributed by atoms with van der Waals surface area (Å²) in [6, 6.07) is 19.9. The number of imidazole rings is 1. The molecule has 0 aliphatic carbocycles. The van der Waals surface area contributed by atoms with Crippen LogP contribution in [0.3, 0.4) is 0 Å². The first kappa shape index (κ1) is 14.1. The molecule has 2 aromatic carbocycles. The molecule has 2 N–H and O–H groups in total. The minimum Gasteiger partial charge on any atom is -0.476 e. The van der Waals surface area contributed by atoms with Crippen molar-refractivity contribution < 1.29 is 9.90 Å². The number of H-pyrrole nitrogens is 1. The first-order chi connectivity index (χ1) is 10.7. The van der Waals surface area contributed by atoms with E-state index in [0.29, 0.717) is 11.5 Å². The maximum Gasteiger partial charge on any atom is 0.356 e. The quantitative estimate of drug-likeness (QED) is 0.772. The Morgan fingerprint density at radius 1 is 1.00 bits per heavy atom. The van der Waals surface area contributed by atoms with Crippen LogP contribution in [0.2, 0.25) is 0 Å². The van der Waals surface area contributed by atoms with E-state index in [1.54, 1.807) is 6.92 Å². The number of aromatic carboxylic acids is 1. The highest BCUT2D eigenvalue weighted by molar-refractivity contribution is 5.86. The van der Waals surface area contributed by atoms with Crippen LogP contribution >= 0.6 is 0 Å². The van der Waals surface area contributed by atoms with Gasteiger partial charge in [-0.05, 0) is 18.1 Å². The Balaban J connectivity index is 2.14. The molecule has 0 aliphatic heterocycles. The van der Waals surface area contributed by atoms with Crippen LogP contribution in [-0.2, 0) is 0 Å². The molecule has 0 unspecified atom stereocenters. The monoisotopic (exact) mass is 292 g/mol. The number of rotatable bonds is 4. The van der Waals surface area contributed by atoms with Crippen LogP contribution in [0.15, 0.2) is 60.7 Å². The van der Waals surface area contributed by atoms with Crippen molar-refractivity contribution in [3.8, 4) is 0 Å². The number of hydrogen-bond donors (Lipinski definition) is 2. The zero-order valence-corrected chi connectivity index (χ0v) is 12.2. The van der Waals surface area contributed by atoms with E-state index in [4.69, 9.17) is 0 Å². The summed E-state index contributed by atoms with van der Waals surface area (Å²) in [7, 11) is 0. The molecule has 4 heteroatoms. The lowest BCUT2D eigenvalue weighted by molar-refractivity contribution is 0.0690. The van der Waals surface area contributed by atoms with Gasteiger partial charge in [-0.15, -0.1) is 0 Å². The Labute approximate surface area is 128 Å². The lowest BCUT2D eigenvalue weighted by Crippen LogP contribution is -2.06. The molecule has 22 heavy (non-hydrogen) atoms. The average Bonchev–Trinajstić information content (AvgIpc) is 2.91. The zero-order valence-electron chi connectivity index (χ0n) is 12.2. The van der Waals surface area contributed by atoms with Crippen molar-refractivity contribution in [2.45, 2.75) is 12.8 Å². The number of benzene rings is 2. The highest BCUT2D eigenvalue weighted by atomic mass is 16.4. The van der Waals surface area contributed by atoms with E-state index in [9.17, 15) is 9.90 Å². The Morgan fingerprint density at radius 3 is 1.91 bits per heavy atom. The third kappa shape index (κ3) is 2.63. The summed E-state index contributed by atoms with van der Waals surface area (Å²) in [6.07, 6.45) is 0. The van der Waals surface area contributed by atoms with Crippen molar-refractivity contribution >= 4 is 5.97 Å². The number of aromatic nitrogens is 2. The molecule has 3 rings (SSSR count). The molecule has 0 bridgehead atoms. The fourth-order valence-corrected chi connectivity index (χ4v) is 2.63. The molecule has 3 aromatic rings. The van der Waals surface area contributed by atoms with Crippen molar-refractivity contribution in [1.82, 2.24) is 9.97 Å². The van der Waals surface area contributed by atoms with E-state index in [2.05, 4.69) is 9.97 Å². The summed E-state index contributed by atoms with van der Waals surface area (Å²) >= 11 is 0. The largest absolute Gasteiger partial charge is 0.476 e. The number of nitrogens with one attached hydrogen (secondary N) is 1. The molecule has 1 heterocycles. The van der Waals surface area contributed by atoms with Crippen LogP contribution in [0.1, 0.15) is 39.1 Å². The van der Waals surface area contributed by atoms with Crippen LogP contribution in [0.25, 0.3) is 0 Å². The maximum absolute atomic E-state index is 11.2. The molecule has 0 fully saturated rings. The van der Waals surface area contributed by atoms with Gasteiger partial charge in [0.15, 0.2) is 5.69 Å². The Bertz CT molecular complexity index is 740. The summed E-state index contributed by atoms with van der Waals surface area (Å²) in [6.45, 7) is 1.73. The normalized spacial score (nSPS) is 10.8. The van der Waals surface area contributed by atoms with E-state index < -0.39 is 5.97 Å². The smallest absolute Gasteiger partial charge is 0.356 e. The molecular formula is C18H16N2O2. The van der Waals surface area contributed by atoms with Gasteiger partial charge in [-0.3, -0.25) is 0 Å². The maximum atomic E-state index is 11.2. The summed E-state index contributed by atoms with van der Waals surface area (Å²) < 4.78 is 0. The minimum atomic E-state index is -1.01. The van der Waals surface area contributed by atoms with Crippen LogP contribution in [0.5, 0.6) is 0 Å². The fourth-order valence-electron chi connectivity index (χ4n) is 2.63. The molecule has 0 saturated heterocycles. The summed E-state index contributed by atoms with van der Waals surface area (Å²) in [5, 5.41) is 9.22. The van der Waals surface area contributed by atoms with Crippen molar-refractivity contribution in [2.24, 2.45) is 0 Å². The van der Waals surface area contributed by atoms with Crippen LogP contribution in [0.4, 0.5) is 0 Å². The van der Waals surface area contributed by atoms with Gasteiger partial charge in [0, 0.05) is 5.69 Å². The topological polar surface area (TPSA) is 66.0 Å². The van der Waals surface area contributed by atoms with E-state index in [1.807, 2.05) is 60.7 Å². The third-order valence-electron chi connectivity index (χ3n) is 3.64. The fraction of sp³-hybridized carbons (Fsp3) is 0.111. The van der Waals surface area contributed by atoms with Gasteiger partial charge in [-0.1, -0.05) is 60.7 Å². The number of aromatic amines is 1. The number of carboxylic acid groups (broad SMARTS) is 1. The molecule has 110 valence electrons. The van der Waals surface area contributed by atoms with E-state index >= 15 is 0 Å². The van der Waals surface area contributed by atoms with E-state index in [1.165, 1.54) is 0 Å². The van der Waals surface area contributed by atoms with Crippen molar-refractivity contribution in [3.63, 3.8) is 0 Å². The number of aryl methyl sites for hydroxylation is 1. The van der Waals surface area contributed by atoms with Gasteiger partial charge in [0.05, 0.1) is 5.92 Å². The van der Waals surface area contributed by atoms with Crippen LogP contribution in [0, 0.1) is 6.92 Å². The summed E-state index contributed by atoms with van der Waals surface area (Å²) in [5.74, 6) is -0.485. The molecule has 0 radical (unpaired) electrons. The number of hydrogen-bond acceptors (Lipinski definition) is 2. The predicted octanol–water partition coefficient (Wildman–Crippen LogP) is 3.60. The molecule has 0 spiro atoms. The van der Waals surface area contributed by atoms with Gasteiger partial charge in [0.2, 0.25) is 0 Å². The Kier molecular flexibility index (Phi) is 3.74. The first-order valence-corrected chi connectivity index (χ1v) is 7.06. The highest BCUT2D eigenvalue weighted by Crippen LogP contribution is 2.30. The summed E-state index contributed by atoms with van der Waals surface area (Å²) in [5.41, 5.74) is 2.78. The van der Waals surface area contributed by atoms with Gasteiger partial charge < -0.3 is 10.1 Å². The van der Waals surface area contributed by atoms with Gasteiger partial charge in [-0.25, -0.2) is 9.78 Å². The molecule has 1 aromatic heterocycles. The minimum absolute atomic E-state index is 0.0758. The first-order valence-electron chi connectivity index (χ1n) is 7.06. The predicted molar refractivity (Wildman–Crippen MR) is 84.1 cm³/mol. The van der Waals surface area contributed by atoms with Gasteiger partial charge in [0.25, 0.3) is 0 Å². The SMILES string of the molecule is Cc1[nH]c(C(c2ccccc2)c2ccccc2)nc1C(=O)O. The second-order valence-corrected chi connectivity index (χ2v) is 5.16. The summed E-state index contributed by atoms with van der Waals surface area (Å²) in [4.78, 5) is 18.7. The van der Waals surface area contributed by atoms with Gasteiger partial charge >= 0.3 is 5.97 Å². The van der Waals surface area contributed by atoms with Crippen molar-refractivity contribution in [2.75, 3.05) is 0 Å². The second kappa shape index (κ2) is 5.85. The molecule has 0 amide bonds. The highest BCUT2D eigenvalue weighted by Gasteiger charge is 2.23. The van der Waals surface area contributed by atoms with E-state index in [0.717, 1.165) is 11.1 Å². The van der Waals surface area contributed by atoms with Crippen molar-refractivity contribution in [1.29, 1.82) is 0 Å². The van der Waals surface area contributed by atoms with Crippen LogP contribution in [-0.4, -0.2) is 21.0 Å². The van der Waals surface area contributed by atoms with E-state index in [-0.39, 0.29) is 11.6 Å². The number of carboxylic acids is 1. The lowest BCUT2D eigenvalue weighted by atomic mass is 9.91. The third-order valence-corrected chi connectivity index (χ3v) is 3.64. The Hall–Kier alpha value is -2.88. The zero-order chi connectivity index (χ0) is 15.5. The number of nitrogens with zero attached hydrogens (tertiary/aromatic N) is 1. The van der Waals surface area contributed by atoms with Gasteiger partial charge in [0.1, 0.15) is 5.82 Å². The molecule has 0 aliphatic rings. The van der Waals surface area contributed by atoms with Crippen molar-refractivity contribution in [3.05, 3.63) is 89.0 Å². The molecule has 4 nitrogen and oxygen atoms in total. The Morgan fingerprint density at radius 2 is 1.50 bits per heavy atom. The molecule has 0 saturated carbocycles.